The normalized spacial score (nSPS) is 10.1. The molecule has 1 nitrogen and oxygen atoms in total. The standard InChI is InChI=1S/C7H5Cl2FO/c8-5-1-4(3-10)2-6(9)7(5)11/h1-2,11H,3H2. The minimum absolute atomic E-state index is 0.0742. The van der Waals surface area contributed by atoms with Crippen molar-refractivity contribution < 1.29 is 9.50 Å². The van der Waals surface area contributed by atoms with E-state index in [0.29, 0.717) is 5.56 Å². The van der Waals surface area contributed by atoms with Crippen molar-refractivity contribution in [1.82, 2.24) is 0 Å². The summed E-state index contributed by atoms with van der Waals surface area (Å²) in [6.07, 6.45) is 0. The van der Waals surface area contributed by atoms with Gasteiger partial charge >= 0.3 is 0 Å². The third-order valence-corrected chi connectivity index (χ3v) is 1.81. The zero-order chi connectivity index (χ0) is 8.43. The van der Waals surface area contributed by atoms with Gasteiger partial charge in [0.15, 0.2) is 5.75 Å². The van der Waals surface area contributed by atoms with Crippen LogP contribution in [0.1, 0.15) is 5.56 Å². The van der Waals surface area contributed by atoms with Gasteiger partial charge in [-0.15, -0.1) is 0 Å². The fourth-order valence-corrected chi connectivity index (χ4v) is 1.23. The number of halogens is 3. The van der Waals surface area contributed by atoms with Crippen molar-refractivity contribution >= 4 is 23.2 Å². The summed E-state index contributed by atoms with van der Waals surface area (Å²) in [7, 11) is 0. The second kappa shape index (κ2) is 3.28. The summed E-state index contributed by atoms with van der Waals surface area (Å²) in [4.78, 5) is 0. The van der Waals surface area contributed by atoms with Crippen LogP contribution in [0, 0.1) is 0 Å². The van der Waals surface area contributed by atoms with Crippen LogP contribution in [0.25, 0.3) is 0 Å². The van der Waals surface area contributed by atoms with Crippen LogP contribution in [-0.4, -0.2) is 5.11 Å². The first kappa shape index (κ1) is 8.62. The molecule has 0 saturated carbocycles. The molecule has 11 heavy (non-hydrogen) atoms. The molecular formula is C7H5Cl2FO. The van der Waals surface area contributed by atoms with Gasteiger partial charge in [0.2, 0.25) is 0 Å². The first-order valence-corrected chi connectivity index (χ1v) is 3.63. The molecule has 0 amide bonds. The third-order valence-electron chi connectivity index (χ3n) is 1.23. The maximum atomic E-state index is 12.0. The van der Waals surface area contributed by atoms with Gasteiger partial charge < -0.3 is 5.11 Å². The molecule has 0 heterocycles. The molecule has 0 atom stereocenters. The first-order valence-electron chi connectivity index (χ1n) is 2.88. The molecule has 1 rings (SSSR count). The molecule has 0 aliphatic carbocycles. The Morgan fingerprint density at radius 1 is 1.27 bits per heavy atom. The van der Waals surface area contributed by atoms with Crippen LogP contribution in [0.5, 0.6) is 5.75 Å². The van der Waals surface area contributed by atoms with E-state index < -0.39 is 6.67 Å². The van der Waals surface area contributed by atoms with Crippen molar-refractivity contribution in [3.63, 3.8) is 0 Å². The summed E-state index contributed by atoms with van der Waals surface area (Å²) in [5.41, 5.74) is 0.359. The van der Waals surface area contributed by atoms with Gasteiger partial charge in [-0.2, -0.15) is 0 Å². The molecule has 0 saturated heterocycles. The largest absolute Gasteiger partial charge is 0.505 e. The maximum Gasteiger partial charge on any atom is 0.152 e. The Hall–Kier alpha value is -0.470. The number of phenolic OH excluding ortho intramolecular Hbond substituents is 1. The Morgan fingerprint density at radius 3 is 2.09 bits per heavy atom. The van der Waals surface area contributed by atoms with Crippen LogP contribution in [0.2, 0.25) is 10.0 Å². The number of hydrogen-bond acceptors (Lipinski definition) is 1. The molecule has 1 aromatic carbocycles. The second-order valence-electron chi connectivity index (χ2n) is 2.04. The van der Waals surface area contributed by atoms with Gasteiger partial charge in [-0.05, 0) is 17.7 Å². The lowest BCUT2D eigenvalue weighted by atomic mass is 10.2. The lowest BCUT2D eigenvalue weighted by molar-refractivity contribution is 0.470. The van der Waals surface area contributed by atoms with Gasteiger partial charge in [0.25, 0.3) is 0 Å². The van der Waals surface area contributed by atoms with E-state index in [2.05, 4.69) is 0 Å². The second-order valence-corrected chi connectivity index (χ2v) is 2.86. The SMILES string of the molecule is Oc1c(Cl)cc(CF)cc1Cl. The topological polar surface area (TPSA) is 20.2 Å². The minimum atomic E-state index is -0.639. The molecule has 60 valence electrons. The molecule has 0 radical (unpaired) electrons. The summed E-state index contributed by atoms with van der Waals surface area (Å²) in [6.45, 7) is -0.639. The minimum Gasteiger partial charge on any atom is -0.505 e. The fourth-order valence-electron chi connectivity index (χ4n) is 0.695. The number of rotatable bonds is 1. The van der Waals surface area contributed by atoms with Crippen LogP contribution in [0.3, 0.4) is 0 Å². The molecule has 4 heteroatoms. The van der Waals surface area contributed by atoms with Gasteiger partial charge in [0.05, 0.1) is 10.0 Å². The number of benzene rings is 1. The Labute approximate surface area is 73.4 Å². The lowest BCUT2D eigenvalue weighted by Gasteiger charge is -2.00. The van der Waals surface area contributed by atoms with E-state index in [0.717, 1.165) is 0 Å². The summed E-state index contributed by atoms with van der Waals surface area (Å²) >= 11 is 11.0. The van der Waals surface area contributed by atoms with E-state index in [9.17, 15) is 4.39 Å². The van der Waals surface area contributed by atoms with Crippen LogP contribution in [-0.2, 0) is 6.67 Å². The van der Waals surface area contributed by atoms with Crippen LogP contribution >= 0.6 is 23.2 Å². The van der Waals surface area contributed by atoms with E-state index in [1.54, 1.807) is 0 Å². The molecule has 0 fully saturated rings. The van der Waals surface area contributed by atoms with Crippen molar-refractivity contribution in [2.24, 2.45) is 0 Å². The molecule has 0 spiro atoms. The van der Waals surface area contributed by atoms with E-state index in [4.69, 9.17) is 28.3 Å². The number of phenols is 1. The number of aromatic hydroxyl groups is 1. The zero-order valence-corrected chi connectivity index (χ0v) is 6.95. The smallest absolute Gasteiger partial charge is 0.152 e. The quantitative estimate of drug-likeness (QED) is 0.729. The van der Waals surface area contributed by atoms with Gasteiger partial charge in [0, 0.05) is 0 Å². The molecule has 1 aromatic rings. The van der Waals surface area contributed by atoms with E-state index in [-0.39, 0.29) is 15.8 Å². The molecule has 0 aliphatic rings. The van der Waals surface area contributed by atoms with Crippen molar-refractivity contribution in [2.75, 3.05) is 0 Å². The third kappa shape index (κ3) is 1.76. The first-order chi connectivity index (χ1) is 5.15. The highest BCUT2D eigenvalue weighted by Crippen LogP contribution is 2.32. The Morgan fingerprint density at radius 2 is 1.73 bits per heavy atom. The predicted octanol–water partition coefficient (Wildman–Crippen LogP) is 3.17. The highest BCUT2D eigenvalue weighted by Gasteiger charge is 2.05. The summed E-state index contributed by atoms with van der Waals surface area (Å²) < 4.78 is 12.0. The average Bonchev–Trinajstić information content (AvgIpc) is 1.99. The summed E-state index contributed by atoms with van der Waals surface area (Å²) in [5.74, 6) is -0.203. The maximum absolute atomic E-state index is 12.0. The molecule has 1 N–H and O–H groups in total. The Bertz CT molecular complexity index is 252. The van der Waals surface area contributed by atoms with Crippen LogP contribution in [0.4, 0.5) is 4.39 Å². The van der Waals surface area contributed by atoms with Gasteiger partial charge in [-0.1, -0.05) is 23.2 Å². The highest BCUT2D eigenvalue weighted by atomic mass is 35.5. The zero-order valence-electron chi connectivity index (χ0n) is 5.44. The van der Waals surface area contributed by atoms with Gasteiger partial charge in [-0.3, -0.25) is 0 Å². The molecule has 0 unspecified atom stereocenters. The van der Waals surface area contributed by atoms with Crippen molar-refractivity contribution in [3.05, 3.63) is 27.7 Å². The number of alkyl halides is 1. The molecular weight excluding hydrogens is 190 g/mol. The lowest BCUT2D eigenvalue weighted by Crippen LogP contribution is -1.79. The monoisotopic (exact) mass is 194 g/mol. The van der Waals surface area contributed by atoms with Crippen molar-refractivity contribution in [1.29, 1.82) is 0 Å². The van der Waals surface area contributed by atoms with Crippen molar-refractivity contribution in [3.8, 4) is 5.75 Å². The van der Waals surface area contributed by atoms with Gasteiger partial charge in [0.1, 0.15) is 6.67 Å². The van der Waals surface area contributed by atoms with E-state index in [1.807, 2.05) is 0 Å². The molecule has 0 aliphatic heterocycles. The Kier molecular flexibility index (Phi) is 2.58. The van der Waals surface area contributed by atoms with Crippen molar-refractivity contribution in [2.45, 2.75) is 6.67 Å². The van der Waals surface area contributed by atoms with E-state index in [1.165, 1.54) is 12.1 Å². The molecule has 0 aromatic heterocycles. The fraction of sp³-hybridized carbons (Fsp3) is 0.143. The number of hydrogen-bond donors (Lipinski definition) is 1. The van der Waals surface area contributed by atoms with Gasteiger partial charge in [-0.25, -0.2) is 4.39 Å². The van der Waals surface area contributed by atoms with Crippen LogP contribution in [0.15, 0.2) is 12.1 Å². The highest BCUT2D eigenvalue weighted by molar-refractivity contribution is 6.37. The van der Waals surface area contributed by atoms with E-state index >= 15 is 0 Å². The molecule has 0 bridgehead atoms. The summed E-state index contributed by atoms with van der Waals surface area (Å²) in [5, 5.41) is 9.19. The Balaban J connectivity index is 3.21. The average molecular weight is 195 g/mol. The summed E-state index contributed by atoms with van der Waals surface area (Å²) in [6, 6.07) is 2.67. The predicted molar refractivity (Wildman–Crippen MR) is 42.9 cm³/mol. The van der Waals surface area contributed by atoms with Crippen LogP contribution < -0.4 is 0 Å².